The minimum atomic E-state index is -0.302. The van der Waals surface area contributed by atoms with Crippen LogP contribution in [0.25, 0.3) is 0 Å². The van der Waals surface area contributed by atoms with Gasteiger partial charge in [0.2, 0.25) is 5.91 Å². The number of benzene rings is 1. The molecule has 0 heterocycles. The first-order chi connectivity index (χ1) is 9.90. The molecule has 0 bridgehead atoms. The third kappa shape index (κ3) is 6.67. The van der Waals surface area contributed by atoms with Gasteiger partial charge in [-0.2, -0.15) is 0 Å². The quantitative estimate of drug-likeness (QED) is 0.770. The van der Waals surface area contributed by atoms with Gasteiger partial charge in [0.1, 0.15) is 5.75 Å². The van der Waals surface area contributed by atoms with E-state index in [1.54, 1.807) is 0 Å². The highest BCUT2D eigenvalue weighted by molar-refractivity contribution is 5.85. The molecule has 0 fully saturated rings. The summed E-state index contributed by atoms with van der Waals surface area (Å²) >= 11 is 0. The maximum Gasteiger partial charge on any atom is 0.223 e. The average molecular weight is 329 g/mol. The molecular formula is C17H29ClN2O2. The second kappa shape index (κ2) is 9.70. The second-order valence-corrected chi connectivity index (χ2v) is 5.71. The van der Waals surface area contributed by atoms with Crippen LogP contribution in [-0.4, -0.2) is 24.6 Å². The van der Waals surface area contributed by atoms with Gasteiger partial charge in [-0.05, 0) is 38.3 Å². The van der Waals surface area contributed by atoms with Gasteiger partial charge in [0.15, 0.2) is 0 Å². The van der Waals surface area contributed by atoms with Crippen LogP contribution in [0, 0.1) is 13.8 Å². The maximum absolute atomic E-state index is 11.8. The molecular weight excluding hydrogens is 300 g/mol. The first-order valence-electron chi connectivity index (χ1n) is 7.66. The van der Waals surface area contributed by atoms with E-state index in [0.717, 1.165) is 24.2 Å². The normalized spacial score (nSPS) is 10.8. The Balaban J connectivity index is 0.00000441. The molecule has 0 atom stereocenters. The lowest BCUT2D eigenvalue weighted by molar-refractivity contribution is -0.121. The molecule has 3 N–H and O–H groups in total. The van der Waals surface area contributed by atoms with Gasteiger partial charge in [-0.3, -0.25) is 4.79 Å². The fraction of sp³-hybridized carbons (Fsp3) is 0.588. The number of carbonyl (C=O) groups is 1. The van der Waals surface area contributed by atoms with Crippen LogP contribution in [0.15, 0.2) is 18.2 Å². The Morgan fingerprint density at radius 2 is 1.91 bits per heavy atom. The monoisotopic (exact) mass is 328 g/mol. The summed E-state index contributed by atoms with van der Waals surface area (Å²) in [6.07, 6.45) is 2.04. The van der Waals surface area contributed by atoms with Crippen molar-refractivity contribution < 1.29 is 9.53 Å². The van der Waals surface area contributed by atoms with Crippen LogP contribution < -0.4 is 15.8 Å². The van der Waals surface area contributed by atoms with Gasteiger partial charge >= 0.3 is 0 Å². The van der Waals surface area contributed by atoms with E-state index < -0.39 is 0 Å². The van der Waals surface area contributed by atoms with Crippen LogP contribution in [-0.2, 0) is 4.79 Å². The molecule has 0 saturated carbocycles. The Morgan fingerprint density at radius 3 is 2.45 bits per heavy atom. The van der Waals surface area contributed by atoms with E-state index in [1.807, 2.05) is 39.8 Å². The number of rotatable bonds is 8. The molecule has 0 aliphatic carbocycles. The van der Waals surface area contributed by atoms with Crippen molar-refractivity contribution in [2.45, 2.75) is 52.5 Å². The number of nitrogens with two attached hydrogens (primary N) is 1. The number of hydrogen-bond donors (Lipinski definition) is 2. The van der Waals surface area contributed by atoms with E-state index in [2.05, 4.69) is 11.4 Å². The van der Waals surface area contributed by atoms with Crippen molar-refractivity contribution in [2.75, 3.05) is 13.2 Å². The number of hydrogen-bond acceptors (Lipinski definition) is 3. The van der Waals surface area contributed by atoms with Crippen molar-refractivity contribution in [3.63, 3.8) is 0 Å². The predicted octanol–water partition coefficient (Wildman–Crippen LogP) is 3.13. The highest BCUT2D eigenvalue weighted by Gasteiger charge is 2.20. The Labute approximate surface area is 140 Å². The molecule has 0 aliphatic rings. The average Bonchev–Trinajstić information content (AvgIpc) is 2.47. The van der Waals surface area contributed by atoms with Crippen molar-refractivity contribution in [1.29, 1.82) is 0 Å². The Morgan fingerprint density at radius 1 is 1.27 bits per heavy atom. The maximum atomic E-state index is 11.8. The molecule has 1 aromatic rings. The summed E-state index contributed by atoms with van der Waals surface area (Å²) in [5.41, 5.74) is 8.15. The summed E-state index contributed by atoms with van der Waals surface area (Å²) in [6, 6.07) is 6.02. The van der Waals surface area contributed by atoms with E-state index in [-0.39, 0.29) is 23.9 Å². The summed E-state index contributed by atoms with van der Waals surface area (Å²) in [5.74, 6) is 0.820. The smallest absolute Gasteiger partial charge is 0.223 e. The molecule has 5 heteroatoms. The largest absolute Gasteiger partial charge is 0.493 e. The van der Waals surface area contributed by atoms with Gasteiger partial charge < -0.3 is 15.8 Å². The lowest BCUT2D eigenvalue weighted by atomic mass is 9.94. The van der Waals surface area contributed by atoms with Gasteiger partial charge in [-0.25, -0.2) is 0 Å². The zero-order chi connectivity index (χ0) is 15.9. The van der Waals surface area contributed by atoms with Crippen LogP contribution in [0.2, 0.25) is 0 Å². The molecule has 0 saturated heterocycles. The fourth-order valence-corrected chi connectivity index (χ4v) is 2.08. The summed E-state index contributed by atoms with van der Waals surface area (Å²) in [6.45, 7) is 9.03. The molecule has 0 radical (unpaired) electrons. The molecule has 1 aromatic carbocycles. The molecule has 0 aromatic heterocycles. The van der Waals surface area contributed by atoms with Gasteiger partial charge in [0.25, 0.3) is 0 Å². The van der Waals surface area contributed by atoms with Crippen molar-refractivity contribution in [3.8, 4) is 5.75 Å². The minimum Gasteiger partial charge on any atom is -0.493 e. The Bertz CT molecular complexity index is 474. The number of halogens is 1. The Hall–Kier alpha value is -1.26. The zero-order valence-electron chi connectivity index (χ0n) is 14.1. The predicted molar refractivity (Wildman–Crippen MR) is 93.8 cm³/mol. The van der Waals surface area contributed by atoms with Crippen LogP contribution in [0.1, 0.15) is 44.2 Å². The molecule has 0 unspecified atom stereocenters. The fourth-order valence-electron chi connectivity index (χ4n) is 2.08. The van der Waals surface area contributed by atoms with E-state index >= 15 is 0 Å². The summed E-state index contributed by atoms with van der Waals surface area (Å²) in [4.78, 5) is 11.8. The third-order valence-electron chi connectivity index (χ3n) is 3.96. The van der Waals surface area contributed by atoms with Crippen LogP contribution >= 0.6 is 12.4 Å². The molecule has 1 amide bonds. The van der Waals surface area contributed by atoms with E-state index in [4.69, 9.17) is 10.5 Å². The van der Waals surface area contributed by atoms with E-state index in [0.29, 0.717) is 19.6 Å². The third-order valence-corrected chi connectivity index (χ3v) is 3.96. The van der Waals surface area contributed by atoms with Crippen LogP contribution in [0.5, 0.6) is 5.75 Å². The van der Waals surface area contributed by atoms with Gasteiger partial charge in [-0.1, -0.05) is 31.5 Å². The number of amides is 1. The minimum absolute atomic E-state index is 0. The number of carbonyl (C=O) groups excluding carboxylic acids is 1. The zero-order valence-corrected chi connectivity index (χ0v) is 14.9. The highest BCUT2D eigenvalue weighted by Crippen LogP contribution is 2.18. The second-order valence-electron chi connectivity index (χ2n) is 5.71. The summed E-state index contributed by atoms with van der Waals surface area (Å²) < 4.78 is 5.65. The number of ether oxygens (including phenoxy) is 1. The SMILES string of the molecule is CCC(N)(CC)CNC(=O)CCOc1ccc(C)cc1C.Cl. The number of aryl methyl sites for hydroxylation is 2. The van der Waals surface area contributed by atoms with E-state index in [1.165, 1.54) is 5.56 Å². The summed E-state index contributed by atoms with van der Waals surface area (Å²) in [5, 5.41) is 2.89. The first-order valence-corrected chi connectivity index (χ1v) is 7.66. The molecule has 126 valence electrons. The van der Waals surface area contributed by atoms with Crippen molar-refractivity contribution in [3.05, 3.63) is 29.3 Å². The Kier molecular flexibility index (Phi) is 9.14. The van der Waals surface area contributed by atoms with Gasteiger partial charge in [0.05, 0.1) is 13.0 Å². The molecule has 0 aliphatic heterocycles. The van der Waals surface area contributed by atoms with Crippen LogP contribution in [0.3, 0.4) is 0 Å². The molecule has 4 nitrogen and oxygen atoms in total. The molecule has 0 spiro atoms. The topological polar surface area (TPSA) is 64.3 Å². The summed E-state index contributed by atoms with van der Waals surface area (Å²) in [7, 11) is 0. The van der Waals surface area contributed by atoms with E-state index in [9.17, 15) is 4.79 Å². The molecule has 1 rings (SSSR count). The van der Waals surface area contributed by atoms with Gasteiger partial charge in [0, 0.05) is 12.1 Å². The number of nitrogens with one attached hydrogen (secondary N) is 1. The first kappa shape index (κ1) is 20.7. The lowest BCUT2D eigenvalue weighted by Crippen LogP contribution is -2.49. The van der Waals surface area contributed by atoms with Crippen molar-refractivity contribution in [1.82, 2.24) is 5.32 Å². The van der Waals surface area contributed by atoms with Crippen molar-refractivity contribution >= 4 is 18.3 Å². The van der Waals surface area contributed by atoms with Gasteiger partial charge in [-0.15, -0.1) is 12.4 Å². The molecule has 22 heavy (non-hydrogen) atoms. The van der Waals surface area contributed by atoms with Crippen molar-refractivity contribution in [2.24, 2.45) is 5.73 Å². The highest BCUT2D eigenvalue weighted by atomic mass is 35.5. The standard InChI is InChI=1S/C17H28N2O2.ClH/c1-5-17(18,6-2)12-19-16(20)9-10-21-15-8-7-13(3)11-14(15)4;/h7-8,11H,5-6,9-10,12,18H2,1-4H3,(H,19,20);1H. The van der Waals surface area contributed by atoms with Crippen LogP contribution in [0.4, 0.5) is 0 Å². The lowest BCUT2D eigenvalue weighted by Gasteiger charge is -2.26.